The van der Waals surface area contributed by atoms with E-state index in [0.29, 0.717) is 33.4 Å². The number of piperidine rings is 1. The van der Waals surface area contributed by atoms with Crippen molar-refractivity contribution in [1.82, 2.24) is 15.2 Å². The van der Waals surface area contributed by atoms with Crippen molar-refractivity contribution in [3.63, 3.8) is 0 Å². The zero-order chi connectivity index (χ0) is 23.8. The zero-order valence-corrected chi connectivity index (χ0v) is 20.2. The van der Waals surface area contributed by atoms with Crippen molar-refractivity contribution < 1.29 is 14.3 Å². The lowest BCUT2D eigenvalue weighted by Crippen LogP contribution is -2.55. The fourth-order valence-corrected chi connectivity index (χ4v) is 5.19. The van der Waals surface area contributed by atoms with Crippen molar-refractivity contribution in [3.05, 3.63) is 57.8 Å². The molecule has 4 rings (SSSR count). The minimum Gasteiger partial charge on any atom is -0.476 e. The van der Waals surface area contributed by atoms with Crippen LogP contribution < -0.4 is 15.8 Å². The molecule has 2 bridgehead atoms. The first-order valence-electron chi connectivity index (χ1n) is 11.1. The maximum atomic E-state index is 13.0. The molecule has 0 saturated carbocycles. The number of pyridine rings is 1. The molecule has 3 heterocycles. The molecular weight excluding hydrogens is 463 g/mol. The molecule has 2 saturated heterocycles. The Bertz CT molecular complexity index is 1030. The Morgan fingerprint density at radius 3 is 2.45 bits per heavy atom. The van der Waals surface area contributed by atoms with Gasteiger partial charge in [0, 0.05) is 35.9 Å². The van der Waals surface area contributed by atoms with E-state index < -0.39 is 11.5 Å². The van der Waals surface area contributed by atoms with Crippen LogP contribution in [0.25, 0.3) is 0 Å². The minimum absolute atomic E-state index is 0.0833. The van der Waals surface area contributed by atoms with Crippen LogP contribution in [0.3, 0.4) is 0 Å². The summed E-state index contributed by atoms with van der Waals surface area (Å²) in [4.78, 5) is 31.2. The number of hydrogen-bond acceptors (Lipinski definition) is 5. The van der Waals surface area contributed by atoms with Gasteiger partial charge in [-0.3, -0.25) is 19.5 Å². The van der Waals surface area contributed by atoms with E-state index in [4.69, 9.17) is 33.7 Å². The topological polar surface area (TPSA) is 97.5 Å². The van der Waals surface area contributed by atoms with E-state index in [-0.39, 0.29) is 11.9 Å². The fraction of sp³-hybridized carbons (Fsp3) is 0.458. The highest BCUT2D eigenvalue weighted by Gasteiger charge is 2.42. The summed E-state index contributed by atoms with van der Waals surface area (Å²) in [6, 6.07) is 9.35. The summed E-state index contributed by atoms with van der Waals surface area (Å²) in [6.45, 7) is 4.19. The van der Waals surface area contributed by atoms with Crippen molar-refractivity contribution >= 4 is 35.0 Å². The second-order valence-electron chi connectivity index (χ2n) is 9.29. The van der Waals surface area contributed by atoms with E-state index in [1.165, 1.54) is 6.20 Å². The van der Waals surface area contributed by atoms with E-state index in [0.717, 1.165) is 37.9 Å². The lowest BCUT2D eigenvalue weighted by atomic mass is 9.96. The first-order valence-corrected chi connectivity index (χ1v) is 11.8. The molecule has 2 aliphatic rings. The number of rotatable bonds is 7. The highest BCUT2D eigenvalue weighted by Crippen LogP contribution is 2.37. The van der Waals surface area contributed by atoms with E-state index >= 15 is 0 Å². The maximum absolute atomic E-state index is 13.0. The summed E-state index contributed by atoms with van der Waals surface area (Å²) in [5.74, 6) is -0.225. The predicted molar refractivity (Wildman–Crippen MR) is 127 cm³/mol. The number of benzene rings is 1. The number of fused-ring (bicyclic) bond motifs is 2. The molecule has 1 aromatic carbocycles. The van der Waals surface area contributed by atoms with Gasteiger partial charge in [-0.15, -0.1) is 0 Å². The Morgan fingerprint density at radius 2 is 1.88 bits per heavy atom. The van der Waals surface area contributed by atoms with Gasteiger partial charge in [-0.05, 0) is 69.9 Å². The van der Waals surface area contributed by atoms with Crippen LogP contribution in [0, 0.1) is 0 Å². The normalized spacial score (nSPS) is 22.7. The number of primary amides is 1. The highest BCUT2D eigenvalue weighted by atomic mass is 35.5. The molecule has 3 atom stereocenters. The summed E-state index contributed by atoms with van der Waals surface area (Å²) >= 11 is 12.2. The van der Waals surface area contributed by atoms with Crippen LogP contribution in [-0.4, -0.2) is 45.4 Å². The Kier molecular flexibility index (Phi) is 6.84. The second kappa shape index (κ2) is 9.49. The zero-order valence-electron chi connectivity index (χ0n) is 18.7. The summed E-state index contributed by atoms with van der Waals surface area (Å²) in [6.07, 6.45) is 5.47. The quantitative estimate of drug-likeness (QED) is 0.611. The van der Waals surface area contributed by atoms with Gasteiger partial charge in [0.05, 0.1) is 16.3 Å². The van der Waals surface area contributed by atoms with E-state index in [1.807, 2.05) is 6.07 Å². The van der Waals surface area contributed by atoms with Gasteiger partial charge in [0.1, 0.15) is 5.75 Å². The molecule has 0 radical (unpaired) electrons. The predicted octanol–water partition coefficient (Wildman–Crippen LogP) is 3.96. The molecule has 7 nitrogen and oxygen atoms in total. The van der Waals surface area contributed by atoms with Gasteiger partial charge in [-0.25, -0.2) is 0 Å². The standard InChI is InChI=1S/C24H28Cl2N4O3/c1-24(2,33-21-8-4-15(25)9-20(21)26)23(32)29-17-10-18-6-7-19(11-17)30(18)13-16-5-3-14(12-28-16)22(27)31/h3-5,8-9,12,17-19H,6-7,10-11,13H2,1-2H3,(H2,27,31)(H,29,32)/t17-,18+,19-. The SMILES string of the molecule is CC(C)(Oc1ccc(Cl)cc1Cl)C(=O)N[C@H]1C[C@H]2CC[C@@H](C1)N2Cc1ccc(C(N)=O)cn1. The van der Waals surface area contributed by atoms with Gasteiger partial charge >= 0.3 is 0 Å². The van der Waals surface area contributed by atoms with Gasteiger partial charge in [-0.2, -0.15) is 0 Å². The summed E-state index contributed by atoms with van der Waals surface area (Å²) in [5.41, 5.74) is 5.54. The van der Waals surface area contributed by atoms with Crippen molar-refractivity contribution in [2.45, 2.75) is 69.8 Å². The van der Waals surface area contributed by atoms with Gasteiger partial charge in [0.15, 0.2) is 5.60 Å². The molecule has 2 aliphatic heterocycles. The number of nitrogens with zero attached hydrogens (tertiary/aromatic N) is 2. The van der Waals surface area contributed by atoms with Crippen molar-refractivity contribution in [1.29, 1.82) is 0 Å². The number of halogens is 2. The van der Waals surface area contributed by atoms with Gasteiger partial charge in [0.2, 0.25) is 5.91 Å². The Morgan fingerprint density at radius 1 is 1.18 bits per heavy atom. The second-order valence-corrected chi connectivity index (χ2v) is 10.1. The first kappa shape index (κ1) is 23.8. The van der Waals surface area contributed by atoms with E-state index in [2.05, 4.69) is 15.2 Å². The Labute approximate surface area is 203 Å². The smallest absolute Gasteiger partial charge is 0.263 e. The summed E-state index contributed by atoms with van der Waals surface area (Å²) < 4.78 is 5.93. The number of amides is 2. The molecule has 0 spiro atoms. The Hall–Kier alpha value is -2.35. The molecule has 2 fully saturated rings. The average Bonchev–Trinajstić information content (AvgIpc) is 2.98. The van der Waals surface area contributed by atoms with Crippen LogP contribution in [0.4, 0.5) is 0 Å². The number of nitrogens with two attached hydrogens (primary N) is 1. The van der Waals surface area contributed by atoms with Crippen molar-refractivity contribution in [2.24, 2.45) is 5.73 Å². The number of hydrogen-bond donors (Lipinski definition) is 2. The summed E-state index contributed by atoms with van der Waals surface area (Å²) in [7, 11) is 0. The van der Waals surface area contributed by atoms with E-state index in [1.54, 1.807) is 38.1 Å². The Balaban J connectivity index is 1.35. The molecule has 1 aromatic heterocycles. The molecule has 9 heteroatoms. The largest absolute Gasteiger partial charge is 0.476 e. The molecule has 3 N–H and O–H groups in total. The number of carbonyl (C=O) groups is 2. The van der Waals surface area contributed by atoms with Crippen LogP contribution in [0.15, 0.2) is 36.5 Å². The number of carbonyl (C=O) groups excluding carboxylic acids is 2. The lowest BCUT2D eigenvalue weighted by Gasteiger charge is -2.40. The van der Waals surface area contributed by atoms with Crippen molar-refractivity contribution in [3.8, 4) is 5.75 Å². The third-order valence-corrected chi connectivity index (χ3v) is 7.01. The van der Waals surface area contributed by atoms with E-state index in [9.17, 15) is 9.59 Å². The summed E-state index contributed by atoms with van der Waals surface area (Å²) in [5, 5.41) is 4.07. The number of aromatic nitrogens is 1. The monoisotopic (exact) mass is 490 g/mol. The number of nitrogens with one attached hydrogen (secondary N) is 1. The fourth-order valence-electron chi connectivity index (χ4n) is 4.74. The molecule has 0 aliphatic carbocycles. The molecule has 0 unspecified atom stereocenters. The minimum atomic E-state index is -1.08. The molecule has 33 heavy (non-hydrogen) atoms. The third kappa shape index (κ3) is 5.42. The van der Waals surface area contributed by atoms with Crippen LogP contribution in [-0.2, 0) is 11.3 Å². The average molecular weight is 491 g/mol. The third-order valence-electron chi connectivity index (χ3n) is 6.48. The molecule has 2 amide bonds. The molecule has 176 valence electrons. The van der Waals surface area contributed by atoms with Gasteiger partial charge in [-0.1, -0.05) is 23.2 Å². The van der Waals surface area contributed by atoms with Gasteiger partial charge < -0.3 is 15.8 Å². The maximum Gasteiger partial charge on any atom is 0.263 e. The van der Waals surface area contributed by atoms with Gasteiger partial charge in [0.25, 0.3) is 5.91 Å². The number of ether oxygens (including phenoxy) is 1. The molecule has 2 aromatic rings. The first-order chi connectivity index (χ1) is 15.6. The van der Waals surface area contributed by atoms with Crippen LogP contribution in [0.1, 0.15) is 55.6 Å². The van der Waals surface area contributed by atoms with Crippen LogP contribution in [0.5, 0.6) is 5.75 Å². The van der Waals surface area contributed by atoms with Crippen LogP contribution >= 0.6 is 23.2 Å². The lowest BCUT2D eigenvalue weighted by molar-refractivity contribution is -0.135. The molecular formula is C24H28Cl2N4O3. The van der Waals surface area contributed by atoms with Crippen molar-refractivity contribution in [2.75, 3.05) is 0 Å². The van der Waals surface area contributed by atoms with Crippen LogP contribution in [0.2, 0.25) is 10.0 Å². The highest BCUT2D eigenvalue weighted by molar-refractivity contribution is 6.35.